The van der Waals surface area contributed by atoms with Gasteiger partial charge in [0.2, 0.25) is 0 Å². The molecular weight excluding hydrogens is 268 g/mol. The Morgan fingerprint density at radius 2 is 1.95 bits per heavy atom. The van der Waals surface area contributed by atoms with E-state index in [1.54, 1.807) is 0 Å². The summed E-state index contributed by atoms with van der Waals surface area (Å²) in [5, 5.41) is 0.769. The Morgan fingerprint density at radius 3 is 2.60 bits per heavy atom. The summed E-state index contributed by atoms with van der Waals surface area (Å²) in [5.41, 5.74) is 10.6. The van der Waals surface area contributed by atoms with Crippen LogP contribution in [0, 0.1) is 6.92 Å². The van der Waals surface area contributed by atoms with Crippen molar-refractivity contribution in [1.82, 2.24) is 0 Å². The van der Waals surface area contributed by atoms with Gasteiger partial charge in [0.15, 0.2) is 0 Å². The Morgan fingerprint density at radius 1 is 1.20 bits per heavy atom. The molecule has 20 heavy (non-hydrogen) atoms. The van der Waals surface area contributed by atoms with Gasteiger partial charge in [-0.05, 0) is 43.2 Å². The Kier molecular flexibility index (Phi) is 4.69. The summed E-state index contributed by atoms with van der Waals surface area (Å²) in [7, 11) is 2.09. The van der Waals surface area contributed by atoms with Crippen molar-refractivity contribution in [2.75, 3.05) is 11.9 Å². The van der Waals surface area contributed by atoms with Crippen molar-refractivity contribution < 1.29 is 0 Å². The lowest BCUT2D eigenvalue weighted by Crippen LogP contribution is -2.23. The lowest BCUT2D eigenvalue weighted by atomic mass is 10.0. The largest absolute Gasteiger partial charge is 0.368 e. The van der Waals surface area contributed by atoms with E-state index >= 15 is 0 Å². The molecule has 2 rings (SSSR count). The highest BCUT2D eigenvalue weighted by atomic mass is 35.5. The molecule has 0 saturated carbocycles. The molecule has 0 aromatic heterocycles. The van der Waals surface area contributed by atoms with Gasteiger partial charge in [-0.15, -0.1) is 0 Å². The first-order chi connectivity index (χ1) is 9.52. The van der Waals surface area contributed by atoms with Crippen LogP contribution in [-0.4, -0.2) is 7.05 Å². The number of hydrogen-bond donors (Lipinski definition) is 1. The molecule has 1 atom stereocenters. The number of halogens is 1. The number of nitrogens with zero attached hydrogens (tertiary/aromatic N) is 1. The van der Waals surface area contributed by atoms with Gasteiger partial charge in [-0.3, -0.25) is 0 Å². The van der Waals surface area contributed by atoms with Gasteiger partial charge in [0.05, 0.1) is 6.04 Å². The predicted octanol–water partition coefficient (Wildman–Crippen LogP) is 4.30. The van der Waals surface area contributed by atoms with Gasteiger partial charge in [0.1, 0.15) is 0 Å². The number of anilines is 1. The zero-order valence-electron chi connectivity index (χ0n) is 12.2. The highest BCUT2D eigenvalue weighted by Gasteiger charge is 2.15. The molecule has 0 heterocycles. The van der Waals surface area contributed by atoms with Gasteiger partial charge < -0.3 is 10.6 Å². The van der Waals surface area contributed by atoms with Crippen LogP contribution in [0.25, 0.3) is 0 Å². The lowest BCUT2D eigenvalue weighted by Gasteiger charge is -2.29. The van der Waals surface area contributed by atoms with E-state index in [0.29, 0.717) is 6.54 Å². The molecule has 0 saturated heterocycles. The number of rotatable bonds is 4. The fourth-order valence-corrected chi connectivity index (χ4v) is 2.62. The van der Waals surface area contributed by atoms with E-state index < -0.39 is 0 Å². The molecule has 2 N–H and O–H groups in total. The van der Waals surface area contributed by atoms with Crippen molar-refractivity contribution in [1.29, 1.82) is 0 Å². The molecule has 2 aromatic carbocycles. The summed E-state index contributed by atoms with van der Waals surface area (Å²) >= 11 is 6.08. The minimum atomic E-state index is 0.238. The SMILES string of the molecule is Cc1ccc(N(C)C(C)c2cccc(Cl)c2)c(CN)c1. The van der Waals surface area contributed by atoms with Crippen molar-refractivity contribution in [2.45, 2.75) is 26.4 Å². The van der Waals surface area contributed by atoms with E-state index in [1.165, 1.54) is 22.4 Å². The molecule has 2 aromatic rings. The third kappa shape index (κ3) is 3.14. The van der Waals surface area contributed by atoms with Crippen LogP contribution >= 0.6 is 11.6 Å². The Balaban J connectivity index is 2.33. The van der Waals surface area contributed by atoms with Crippen molar-refractivity contribution in [2.24, 2.45) is 5.73 Å². The fraction of sp³-hybridized carbons (Fsp3) is 0.294. The zero-order chi connectivity index (χ0) is 14.7. The first-order valence-electron chi connectivity index (χ1n) is 6.81. The summed E-state index contributed by atoms with van der Waals surface area (Å²) in [6.07, 6.45) is 0. The zero-order valence-corrected chi connectivity index (χ0v) is 13.0. The average Bonchev–Trinajstić information content (AvgIpc) is 2.45. The highest BCUT2D eigenvalue weighted by molar-refractivity contribution is 6.30. The van der Waals surface area contributed by atoms with E-state index in [1.807, 2.05) is 18.2 Å². The summed E-state index contributed by atoms with van der Waals surface area (Å²) in [6.45, 7) is 4.80. The van der Waals surface area contributed by atoms with Gasteiger partial charge in [-0.1, -0.05) is 41.4 Å². The Labute approximate surface area is 126 Å². The highest BCUT2D eigenvalue weighted by Crippen LogP contribution is 2.29. The van der Waals surface area contributed by atoms with Crippen LogP contribution in [-0.2, 0) is 6.54 Å². The van der Waals surface area contributed by atoms with Crippen molar-refractivity contribution >= 4 is 17.3 Å². The molecule has 1 unspecified atom stereocenters. The normalized spacial score (nSPS) is 12.2. The molecule has 0 spiro atoms. The lowest BCUT2D eigenvalue weighted by molar-refractivity contribution is 0.734. The number of aryl methyl sites for hydroxylation is 1. The molecule has 2 nitrogen and oxygen atoms in total. The van der Waals surface area contributed by atoms with Crippen LogP contribution in [0.3, 0.4) is 0 Å². The van der Waals surface area contributed by atoms with E-state index in [2.05, 4.69) is 50.1 Å². The quantitative estimate of drug-likeness (QED) is 0.908. The maximum absolute atomic E-state index is 6.08. The van der Waals surface area contributed by atoms with Crippen LogP contribution in [0.2, 0.25) is 5.02 Å². The third-order valence-electron chi connectivity index (χ3n) is 3.75. The molecule has 106 valence electrons. The minimum absolute atomic E-state index is 0.238. The van der Waals surface area contributed by atoms with Crippen LogP contribution < -0.4 is 10.6 Å². The second-order valence-corrected chi connectivity index (χ2v) is 5.61. The standard InChI is InChI=1S/C17H21ClN2/c1-12-7-8-17(15(9-12)11-19)20(3)13(2)14-5-4-6-16(18)10-14/h4-10,13H,11,19H2,1-3H3. The molecule has 0 bridgehead atoms. The van der Waals surface area contributed by atoms with Crippen LogP contribution in [0.4, 0.5) is 5.69 Å². The summed E-state index contributed by atoms with van der Waals surface area (Å²) in [6, 6.07) is 14.6. The Bertz CT molecular complexity index is 595. The average molecular weight is 289 g/mol. The first-order valence-corrected chi connectivity index (χ1v) is 7.18. The van der Waals surface area contributed by atoms with Gasteiger partial charge in [-0.2, -0.15) is 0 Å². The maximum atomic E-state index is 6.08. The Hall–Kier alpha value is -1.51. The number of benzene rings is 2. The second-order valence-electron chi connectivity index (χ2n) is 5.18. The molecule has 0 aliphatic rings. The van der Waals surface area contributed by atoms with Gasteiger partial charge in [0, 0.05) is 24.3 Å². The fourth-order valence-electron chi connectivity index (χ4n) is 2.42. The molecule has 0 fully saturated rings. The first kappa shape index (κ1) is 14.9. The van der Waals surface area contributed by atoms with Gasteiger partial charge in [0.25, 0.3) is 0 Å². The topological polar surface area (TPSA) is 29.3 Å². The smallest absolute Gasteiger partial charge is 0.0511 e. The van der Waals surface area contributed by atoms with E-state index in [9.17, 15) is 0 Å². The van der Waals surface area contributed by atoms with Crippen molar-refractivity contribution in [3.8, 4) is 0 Å². The molecule has 0 amide bonds. The molecule has 0 aliphatic heterocycles. The minimum Gasteiger partial charge on any atom is -0.368 e. The number of hydrogen-bond acceptors (Lipinski definition) is 2. The molecular formula is C17H21ClN2. The molecule has 0 aliphatic carbocycles. The van der Waals surface area contributed by atoms with Crippen molar-refractivity contribution in [3.05, 3.63) is 64.2 Å². The monoisotopic (exact) mass is 288 g/mol. The summed E-state index contributed by atoms with van der Waals surface area (Å²) < 4.78 is 0. The number of nitrogens with two attached hydrogens (primary N) is 1. The van der Waals surface area contributed by atoms with E-state index in [-0.39, 0.29) is 6.04 Å². The third-order valence-corrected chi connectivity index (χ3v) is 3.98. The van der Waals surface area contributed by atoms with Crippen molar-refractivity contribution in [3.63, 3.8) is 0 Å². The van der Waals surface area contributed by atoms with E-state index in [4.69, 9.17) is 17.3 Å². The van der Waals surface area contributed by atoms with Gasteiger partial charge in [-0.25, -0.2) is 0 Å². The summed E-state index contributed by atoms with van der Waals surface area (Å²) in [5.74, 6) is 0. The molecule has 3 heteroatoms. The second kappa shape index (κ2) is 6.29. The summed E-state index contributed by atoms with van der Waals surface area (Å²) in [4.78, 5) is 2.24. The van der Waals surface area contributed by atoms with Crippen LogP contribution in [0.15, 0.2) is 42.5 Å². The van der Waals surface area contributed by atoms with Crippen LogP contribution in [0.1, 0.15) is 29.7 Å². The molecule has 0 radical (unpaired) electrons. The van der Waals surface area contributed by atoms with Gasteiger partial charge >= 0.3 is 0 Å². The van der Waals surface area contributed by atoms with Crippen LogP contribution in [0.5, 0.6) is 0 Å². The maximum Gasteiger partial charge on any atom is 0.0511 e. The predicted molar refractivity (Wildman–Crippen MR) is 87.3 cm³/mol. The van der Waals surface area contributed by atoms with E-state index in [0.717, 1.165) is 5.02 Å².